The molecule has 7 saturated carbocycles. The van der Waals surface area contributed by atoms with E-state index >= 15 is 0 Å². The molecular weight excluding hydrogens is 566 g/mol. The minimum atomic E-state index is -5.85. The second kappa shape index (κ2) is 10.1. The predicted octanol–water partition coefficient (Wildman–Crippen LogP) is 7.26. The lowest BCUT2D eigenvalue weighted by molar-refractivity contribution is -0.405. The summed E-state index contributed by atoms with van der Waals surface area (Å²) in [5, 5.41) is 10.7. The van der Waals surface area contributed by atoms with E-state index in [0.717, 1.165) is 12.8 Å². The minimum Gasteiger partial charge on any atom is -0.453 e. The molecule has 42 heavy (non-hydrogen) atoms. The van der Waals surface area contributed by atoms with Crippen LogP contribution in [-0.4, -0.2) is 52.6 Å². The van der Waals surface area contributed by atoms with Gasteiger partial charge in [0.1, 0.15) is 11.2 Å². The third kappa shape index (κ3) is 4.40. The number of fused-ring (bicyclic) bond motifs is 2. The summed E-state index contributed by atoms with van der Waals surface area (Å²) in [6.07, 6.45) is -6.52. The molecule has 1 N–H and O–H groups in total. The molecule has 0 heterocycles. The van der Waals surface area contributed by atoms with E-state index in [1.807, 2.05) is 0 Å². The van der Waals surface area contributed by atoms with Gasteiger partial charge < -0.3 is 19.3 Å². The molecule has 0 spiro atoms. The highest BCUT2D eigenvalue weighted by Gasteiger charge is 2.78. The Morgan fingerprint density at radius 3 is 1.67 bits per heavy atom. The zero-order chi connectivity index (χ0) is 30.5. The van der Waals surface area contributed by atoms with Crippen LogP contribution in [0.15, 0.2) is 12.2 Å². The number of aliphatic hydroxyl groups is 1. The summed E-state index contributed by atoms with van der Waals surface area (Å²) >= 11 is 0. The van der Waals surface area contributed by atoms with Gasteiger partial charge in [-0.15, -0.1) is 0 Å². The maximum atomic E-state index is 14.3. The van der Waals surface area contributed by atoms with Crippen LogP contribution in [0.3, 0.4) is 0 Å². The molecule has 0 radical (unpaired) electrons. The summed E-state index contributed by atoms with van der Waals surface area (Å²) in [6, 6.07) is 0. The van der Waals surface area contributed by atoms with E-state index in [1.165, 1.54) is 0 Å². The topological polar surface area (TPSA) is 65.0 Å². The quantitative estimate of drug-likeness (QED) is 0.143. The number of carbonyl (C=O) groups excluding carboxylic acids is 1. The van der Waals surface area contributed by atoms with Gasteiger partial charge in [0.2, 0.25) is 0 Å². The fraction of sp³-hybridized carbons (Fsp3) is 0.903. The molecule has 0 aromatic carbocycles. The maximum Gasteiger partial charge on any atom is 0.426 e. The monoisotopic (exact) mass is 608 g/mol. The van der Waals surface area contributed by atoms with Gasteiger partial charge in [0.15, 0.2) is 6.29 Å². The highest BCUT2D eigenvalue weighted by Crippen LogP contribution is 2.71. The number of halogens is 6. The largest absolute Gasteiger partial charge is 0.453 e. The van der Waals surface area contributed by atoms with Crippen molar-refractivity contribution in [2.24, 2.45) is 41.4 Å². The highest BCUT2D eigenvalue weighted by molar-refractivity contribution is 5.87. The molecule has 7 aliphatic carbocycles. The fourth-order valence-electron chi connectivity index (χ4n) is 10.7. The molecule has 0 saturated heterocycles. The van der Waals surface area contributed by atoms with Crippen LogP contribution in [0.4, 0.5) is 26.3 Å². The molecule has 0 aromatic heterocycles. The van der Waals surface area contributed by atoms with E-state index in [0.29, 0.717) is 68.8 Å². The highest BCUT2D eigenvalue weighted by atomic mass is 19.4. The Balaban J connectivity index is 1.28. The number of hydrogen-bond acceptors (Lipinski definition) is 5. The van der Waals surface area contributed by atoms with Crippen molar-refractivity contribution in [2.75, 3.05) is 0 Å². The zero-order valence-corrected chi connectivity index (χ0v) is 24.2. The molecule has 7 fully saturated rings. The number of carbonyl (C=O) groups is 1. The summed E-state index contributed by atoms with van der Waals surface area (Å²) in [7, 11) is 0. The van der Waals surface area contributed by atoms with Gasteiger partial charge in [-0.1, -0.05) is 32.3 Å². The van der Waals surface area contributed by atoms with E-state index in [4.69, 9.17) is 14.2 Å². The Bertz CT molecular complexity index is 1030. The summed E-state index contributed by atoms with van der Waals surface area (Å²) in [6.45, 7) is 7.05. The van der Waals surface area contributed by atoms with E-state index in [-0.39, 0.29) is 12.8 Å². The third-order valence-corrected chi connectivity index (χ3v) is 12.1. The van der Waals surface area contributed by atoms with E-state index < -0.39 is 77.1 Å². The number of esters is 1. The van der Waals surface area contributed by atoms with Gasteiger partial charge in [0.05, 0.1) is 6.10 Å². The van der Waals surface area contributed by atoms with Crippen molar-refractivity contribution in [1.29, 1.82) is 0 Å². The molecule has 0 aromatic rings. The van der Waals surface area contributed by atoms with Crippen molar-refractivity contribution in [2.45, 2.75) is 132 Å². The van der Waals surface area contributed by atoms with Crippen LogP contribution in [-0.2, 0) is 19.0 Å². The van der Waals surface area contributed by atoms with Crippen LogP contribution < -0.4 is 0 Å². The van der Waals surface area contributed by atoms with Gasteiger partial charge in [0.25, 0.3) is 5.60 Å². The van der Waals surface area contributed by atoms with E-state index in [1.54, 1.807) is 13.8 Å². The molecule has 0 amide bonds. The Hall–Kier alpha value is -1.33. The lowest BCUT2D eigenvalue weighted by Gasteiger charge is -2.59. The Kier molecular flexibility index (Phi) is 7.37. The molecule has 7 atom stereocenters. The average molecular weight is 609 g/mol. The third-order valence-electron chi connectivity index (χ3n) is 12.1. The van der Waals surface area contributed by atoms with E-state index in [2.05, 4.69) is 6.58 Å². The Morgan fingerprint density at radius 2 is 1.24 bits per heavy atom. The summed E-state index contributed by atoms with van der Waals surface area (Å²) in [5.74, 6) is -4.73. The van der Waals surface area contributed by atoms with Gasteiger partial charge in [0, 0.05) is 11.5 Å². The smallest absolute Gasteiger partial charge is 0.426 e. The van der Waals surface area contributed by atoms with Gasteiger partial charge in [-0.05, 0) is 101 Å². The van der Waals surface area contributed by atoms with Crippen LogP contribution in [0, 0.1) is 41.4 Å². The van der Waals surface area contributed by atoms with Crippen molar-refractivity contribution < 1.29 is 50.5 Å². The van der Waals surface area contributed by atoms with Crippen molar-refractivity contribution in [1.82, 2.24) is 0 Å². The standard InChI is InChI=1S/C31H42F6O5/c1-16(2)26(38)42-28-14-18-12-27(28,13-19(18)15-28)41-17(3)40-25-22-10-6-4-8-20(22)24(21-9-5-7-11-23(21)25)29(39,30(32,33)34)31(35,36)37/h17-25,39H,1,4-15H2,2-3H3. The fourth-order valence-corrected chi connectivity index (χ4v) is 10.7. The average Bonchev–Trinajstić information content (AvgIpc) is 3.57. The summed E-state index contributed by atoms with van der Waals surface area (Å²) < 4.78 is 105. The van der Waals surface area contributed by atoms with Gasteiger partial charge in [-0.3, -0.25) is 0 Å². The first kappa shape index (κ1) is 30.7. The van der Waals surface area contributed by atoms with Crippen LogP contribution in [0.1, 0.15) is 90.9 Å². The van der Waals surface area contributed by atoms with Gasteiger partial charge >= 0.3 is 18.3 Å². The summed E-state index contributed by atoms with van der Waals surface area (Å²) in [4.78, 5) is 12.6. The number of alkyl halides is 6. The van der Waals surface area contributed by atoms with Crippen molar-refractivity contribution in [3.63, 3.8) is 0 Å². The molecule has 11 heteroatoms. The first-order valence-corrected chi connectivity index (χ1v) is 15.6. The zero-order valence-electron chi connectivity index (χ0n) is 24.2. The van der Waals surface area contributed by atoms with Crippen molar-refractivity contribution in [3.05, 3.63) is 12.2 Å². The number of hydrogen-bond donors (Lipinski definition) is 1. The number of ether oxygens (including phenoxy) is 3. The van der Waals surface area contributed by atoms with Crippen LogP contribution in [0.2, 0.25) is 0 Å². The van der Waals surface area contributed by atoms with Gasteiger partial charge in [-0.25, -0.2) is 4.79 Å². The molecule has 7 unspecified atom stereocenters. The lowest BCUT2D eigenvalue weighted by atomic mass is 9.50. The van der Waals surface area contributed by atoms with Crippen LogP contribution >= 0.6 is 0 Å². The van der Waals surface area contributed by atoms with Gasteiger partial charge in [-0.2, -0.15) is 26.3 Å². The lowest BCUT2D eigenvalue weighted by Crippen LogP contribution is -2.69. The minimum absolute atomic E-state index is 0.190. The molecule has 7 rings (SSSR count). The maximum absolute atomic E-state index is 14.3. The van der Waals surface area contributed by atoms with Crippen molar-refractivity contribution >= 4 is 5.97 Å². The molecule has 5 nitrogen and oxygen atoms in total. The predicted molar refractivity (Wildman–Crippen MR) is 139 cm³/mol. The molecule has 238 valence electrons. The second-order valence-electron chi connectivity index (χ2n) is 14.3. The number of rotatable bonds is 7. The first-order valence-electron chi connectivity index (χ1n) is 15.6. The van der Waals surface area contributed by atoms with Crippen LogP contribution in [0.5, 0.6) is 0 Å². The molecule has 4 bridgehead atoms. The SMILES string of the molecule is C=C(C)C(=O)OC12CC3CC1(OC(C)OC1C4CCCCC4C(C(O)(C(F)(F)F)C(F)(F)F)C4CCCCC41)CC3C2. The van der Waals surface area contributed by atoms with Crippen molar-refractivity contribution in [3.8, 4) is 0 Å². The Labute approximate surface area is 242 Å². The second-order valence-corrected chi connectivity index (χ2v) is 14.3. The Morgan fingerprint density at radius 1 is 0.810 bits per heavy atom. The van der Waals surface area contributed by atoms with E-state index in [9.17, 15) is 36.2 Å². The molecule has 7 aliphatic rings. The van der Waals surface area contributed by atoms with Crippen LogP contribution in [0.25, 0.3) is 0 Å². The molecular formula is C31H42F6O5. The summed E-state index contributed by atoms with van der Waals surface area (Å²) in [5.41, 5.74) is -5.97. The normalized spacial score (nSPS) is 43.6. The first-order chi connectivity index (χ1) is 19.5. The molecule has 0 aliphatic heterocycles.